The Morgan fingerprint density at radius 1 is 1.46 bits per heavy atom. The Kier molecular flexibility index (Phi) is 3.07. The molecule has 1 aliphatic heterocycles. The maximum atomic E-state index is 10.4. The molecule has 0 radical (unpaired) electrons. The molecular formula is C7H12N2O4. The minimum absolute atomic E-state index is 0.159. The van der Waals surface area contributed by atoms with E-state index in [1.165, 1.54) is 0 Å². The number of nitrogens with one attached hydrogen (secondary N) is 1. The Morgan fingerprint density at radius 2 is 2.15 bits per heavy atom. The number of carboxylic acids is 1. The fourth-order valence-corrected chi connectivity index (χ4v) is 1.26. The molecule has 2 atom stereocenters. The molecule has 6 nitrogen and oxygen atoms in total. The number of nitrogens with two attached hydrogens (primary N) is 1. The average molecular weight is 188 g/mol. The summed E-state index contributed by atoms with van der Waals surface area (Å²) in [6.45, 7) is 0.208. The summed E-state index contributed by atoms with van der Waals surface area (Å²) in [5.41, 5.74) is 4.90. The number of carbonyl (C=O) groups excluding carboxylic acids is 1. The van der Waals surface area contributed by atoms with Crippen LogP contribution in [-0.2, 0) is 9.53 Å². The quantitative estimate of drug-likeness (QED) is 0.532. The summed E-state index contributed by atoms with van der Waals surface area (Å²) in [7, 11) is 0. The number of amides is 2. The number of carboxylic acid groups (broad SMARTS) is 1. The van der Waals surface area contributed by atoms with Gasteiger partial charge in [-0.2, -0.15) is 0 Å². The number of aliphatic carboxylic acids is 1. The van der Waals surface area contributed by atoms with E-state index in [1.807, 2.05) is 0 Å². The van der Waals surface area contributed by atoms with Crippen LogP contribution in [0.15, 0.2) is 0 Å². The zero-order chi connectivity index (χ0) is 9.84. The van der Waals surface area contributed by atoms with Crippen LogP contribution in [0.5, 0.6) is 0 Å². The van der Waals surface area contributed by atoms with E-state index >= 15 is 0 Å². The highest BCUT2D eigenvalue weighted by molar-refractivity contribution is 5.73. The predicted octanol–water partition coefficient (Wildman–Crippen LogP) is -0.713. The third kappa shape index (κ3) is 2.90. The SMILES string of the molecule is NC(=O)NC1CCC(C(=O)O)OC1. The van der Waals surface area contributed by atoms with Crippen molar-refractivity contribution in [1.29, 1.82) is 0 Å². The molecule has 0 aromatic carbocycles. The molecule has 0 bridgehead atoms. The molecule has 74 valence electrons. The van der Waals surface area contributed by atoms with Crippen molar-refractivity contribution in [3.05, 3.63) is 0 Å². The van der Waals surface area contributed by atoms with Crippen molar-refractivity contribution >= 4 is 12.0 Å². The Bertz CT molecular complexity index is 211. The van der Waals surface area contributed by atoms with Gasteiger partial charge in [-0.15, -0.1) is 0 Å². The van der Waals surface area contributed by atoms with Crippen LogP contribution in [-0.4, -0.2) is 35.9 Å². The summed E-state index contributed by atoms with van der Waals surface area (Å²) in [6, 6.07) is -0.768. The van der Waals surface area contributed by atoms with Crippen LogP contribution >= 0.6 is 0 Å². The largest absolute Gasteiger partial charge is 0.479 e. The highest BCUT2D eigenvalue weighted by atomic mass is 16.5. The van der Waals surface area contributed by atoms with E-state index in [9.17, 15) is 9.59 Å². The van der Waals surface area contributed by atoms with E-state index in [-0.39, 0.29) is 12.6 Å². The van der Waals surface area contributed by atoms with Crippen LogP contribution in [0.2, 0.25) is 0 Å². The Balaban J connectivity index is 2.30. The monoisotopic (exact) mass is 188 g/mol. The highest BCUT2D eigenvalue weighted by Crippen LogP contribution is 2.13. The van der Waals surface area contributed by atoms with E-state index in [0.29, 0.717) is 12.8 Å². The Morgan fingerprint density at radius 3 is 2.54 bits per heavy atom. The molecule has 0 saturated carbocycles. The maximum Gasteiger partial charge on any atom is 0.332 e. The Hall–Kier alpha value is -1.30. The van der Waals surface area contributed by atoms with Crippen LogP contribution in [0.4, 0.5) is 4.79 Å². The van der Waals surface area contributed by atoms with E-state index in [0.717, 1.165) is 0 Å². The number of carbonyl (C=O) groups is 2. The fourth-order valence-electron chi connectivity index (χ4n) is 1.26. The smallest absolute Gasteiger partial charge is 0.332 e. The molecule has 0 aromatic heterocycles. The topological polar surface area (TPSA) is 102 Å². The number of ether oxygens (including phenoxy) is 1. The average Bonchev–Trinajstić information content (AvgIpc) is 2.04. The van der Waals surface area contributed by atoms with Gasteiger partial charge < -0.3 is 20.9 Å². The number of urea groups is 1. The maximum absolute atomic E-state index is 10.4. The lowest BCUT2D eigenvalue weighted by Gasteiger charge is -2.26. The number of rotatable bonds is 2. The zero-order valence-electron chi connectivity index (χ0n) is 7.03. The second kappa shape index (κ2) is 4.08. The number of primary amides is 1. The molecule has 1 aliphatic rings. The van der Waals surface area contributed by atoms with Gasteiger partial charge in [0, 0.05) is 0 Å². The van der Waals surface area contributed by atoms with Crippen molar-refractivity contribution in [2.24, 2.45) is 5.73 Å². The first-order chi connectivity index (χ1) is 6.09. The van der Waals surface area contributed by atoms with E-state index in [4.69, 9.17) is 15.6 Å². The van der Waals surface area contributed by atoms with Gasteiger partial charge in [-0.05, 0) is 12.8 Å². The molecule has 0 aliphatic carbocycles. The van der Waals surface area contributed by atoms with Crippen molar-refractivity contribution in [2.75, 3.05) is 6.61 Å². The van der Waals surface area contributed by atoms with E-state index in [1.54, 1.807) is 0 Å². The van der Waals surface area contributed by atoms with Gasteiger partial charge in [0.1, 0.15) is 0 Å². The number of hydrogen-bond donors (Lipinski definition) is 3. The molecule has 1 fully saturated rings. The third-order valence-corrected chi connectivity index (χ3v) is 1.90. The zero-order valence-corrected chi connectivity index (χ0v) is 7.03. The minimum Gasteiger partial charge on any atom is -0.479 e. The van der Waals surface area contributed by atoms with Gasteiger partial charge in [0.15, 0.2) is 6.10 Å². The lowest BCUT2D eigenvalue weighted by molar-refractivity contribution is -0.153. The summed E-state index contributed by atoms with van der Waals surface area (Å²) in [5, 5.41) is 11.0. The van der Waals surface area contributed by atoms with Crippen LogP contribution in [0, 0.1) is 0 Å². The molecule has 2 amide bonds. The van der Waals surface area contributed by atoms with Crippen molar-refractivity contribution in [3.63, 3.8) is 0 Å². The molecule has 0 aromatic rings. The van der Waals surface area contributed by atoms with Gasteiger partial charge in [-0.3, -0.25) is 0 Å². The summed E-state index contributed by atoms with van der Waals surface area (Å²) >= 11 is 0. The normalized spacial score (nSPS) is 28.0. The molecule has 1 saturated heterocycles. The first kappa shape index (κ1) is 9.79. The standard InChI is InChI=1S/C7H12N2O4/c8-7(12)9-4-1-2-5(6(10)11)13-3-4/h4-5H,1-3H2,(H,10,11)(H3,8,9,12). The molecule has 1 heterocycles. The van der Waals surface area contributed by atoms with Gasteiger partial charge >= 0.3 is 12.0 Å². The third-order valence-electron chi connectivity index (χ3n) is 1.90. The fraction of sp³-hybridized carbons (Fsp3) is 0.714. The molecule has 4 N–H and O–H groups in total. The lowest BCUT2D eigenvalue weighted by Crippen LogP contribution is -2.46. The molecule has 0 spiro atoms. The number of hydrogen-bond acceptors (Lipinski definition) is 3. The van der Waals surface area contributed by atoms with Crippen LogP contribution in [0.1, 0.15) is 12.8 Å². The van der Waals surface area contributed by atoms with E-state index in [2.05, 4.69) is 5.32 Å². The predicted molar refractivity (Wildman–Crippen MR) is 43.1 cm³/mol. The summed E-state index contributed by atoms with van der Waals surface area (Å²) in [4.78, 5) is 20.9. The van der Waals surface area contributed by atoms with Crippen LogP contribution in [0.25, 0.3) is 0 Å². The van der Waals surface area contributed by atoms with Crippen LogP contribution in [0.3, 0.4) is 0 Å². The van der Waals surface area contributed by atoms with Gasteiger partial charge in [0.05, 0.1) is 12.6 Å². The minimum atomic E-state index is -0.961. The highest BCUT2D eigenvalue weighted by Gasteiger charge is 2.26. The van der Waals surface area contributed by atoms with Gasteiger partial charge in [0.25, 0.3) is 0 Å². The Labute approximate surface area is 75.0 Å². The summed E-state index contributed by atoms with van der Waals surface area (Å²) < 4.78 is 4.98. The molecular weight excluding hydrogens is 176 g/mol. The molecule has 13 heavy (non-hydrogen) atoms. The first-order valence-electron chi connectivity index (χ1n) is 4.00. The van der Waals surface area contributed by atoms with Crippen molar-refractivity contribution in [3.8, 4) is 0 Å². The van der Waals surface area contributed by atoms with E-state index < -0.39 is 18.1 Å². The second-order valence-corrected chi connectivity index (χ2v) is 2.94. The summed E-state index contributed by atoms with van der Waals surface area (Å²) in [6.07, 6.45) is 0.242. The second-order valence-electron chi connectivity index (χ2n) is 2.94. The van der Waals surface area contributed by atoms with Gasteiger partial charge in [0.2, 0.25) is 0 Å². The van der Waals surface area contributed by atoms with Crippen LogP contribution < -0.4 is 11.1 Å². The van der Waals surface area contributed by atoms with Crippen molar-refractivity contribution in [2.45, 2.75) is 25.0 Å². The molecule has 6 heteroatoms. The van der Waals surface area contributed by atoms with Crippen molar-refractivity contribution in [1.82, 2.24) is 5.32 Å². The first-order valence-corrected chi connectivity index (χ1v) is 4.00. The lowest BCUT2D eigenvalue weighted by atomic mass is 10.1. The van der Waals surface area contributed by atoms with Gasteiger partial charge in [-0.25, -0.2) is 9.59 Å². The van der Waals surface area contributed by atoms with Gasteiger partial charge in [-0.1, -0.05) is 0 Å². The van der Waals surface area contributed by atoms with Crippen molar-refractivity contribution < 1.29 is 19.4 Å². The molecule has 1 rings (SSSR count). The molecule has 2 unspecified atom stereocenters. The summed E-state index contributed by atoms with van der Waals surface area (Å²) in [5.74, 6) is -0.961.